The molecule has 0 aromatic heterocycles. The van der Waals surface area contributed by atoms with E-state index >= 15 is 0 Å². The van der Waals surface area contributed by atoms with Crippen LogP contribution in [0.3, 0.4) is 0 Å². The Hall–Kier alpha value is -0.570. The minimum absolute atomic E-state index is 0.0955. The first kappa shape index (κ1) is 13.5. The maximum Gasteiger partial charge on any atom is 0.224 e. The summed E-state index contributed by atoms with van der Waals surface area (Å²) < 4.78 is 0. The largest absolute Gasteiger partial charge is 0.356 e. The summed E-state index contributed by atoms with van der Waals surface area (Å²) in [6, 6.07) is 0.358. The molecular weight excluding hydrogens is 200 g/mol. The van der Waals surface area contributed by atoms with E-state index in [1.807, 2.05) is 0 Å². The van der Waals surface area contributed by atoms with Crippen LogP contribution in [-0.2, 0) is 4.79 Å². The van der Waals surface area contributed by atoms with Crippen molar-refractivity contribution in [2.24, 2.45) is 5.92 Å². The molecule has 3 heteroatoms. The van der Waals surface area contributed by atoms with Crippen LogP contribution in [-0.4, -0.2) is 24.0 Å². The Morgan fingerprint density at radius 1 is 1.31 bits per heavy atom. The highest BCUT2D eigenvalue weighted by Crippen LogP contribution is 2.27. The second-order valence-electron chi connectivity index (χ2n) is 5.83. The highest BCUT2D eigenvalue weighted by atomic mass is 16.1. The van der Waals surface area contributed by atoms with Crippen molar-refractivity contribution in [1.82, 2.24) is 10.6 Å². The van der Waals surface area contributed by atoms with E-state index in [0.29, 0.717) is 6.04 Å². The van der Waals surface area contributed by atoms with Crippen LogP contribution in [0.1, 0.15) is 53.4 Å². The van der Waals surface area contributed by atoms with Gasteiger partial charge in [0.05, 0.1) is 5.92 Å². The number of hydrogen-bond donors (Lipinski definition) is 2. The van der Waals surface area contributed by atoms with Gasteiger partial charge in [-0.1, -0.05) is 13.3 Å². The normalized spacial score (nSPS) is 25.8. The van der Waals surface area contributed by atoms with Gasteiger partial charge in [-0.15, -0.1) is 0 Å². The van der Waals surface area contributed by atoms with Gasteiger partial charge in [-0.2, -0.15) is 0 Å². The molecule has 0 unspecified atom stereocenters. The molecule has 0 bridgehead atoms. The third-order valence-electron chi connectivity index (χ3n) is 3.02. The first-order chi connectivity index (χ1) is 7.44. The Bertz CT molecular complexity index is 233. The van der Waals surface area contributed by atoms with Crippen molar-refractivity contribution < 1.29 is 4.79 Å². The minimum Gasteiger partial charge on any atom is -0.356 e. The molecule has 0 saturated heterocycles. The molecule has 0 aliphatic heterocycles. The van der Waals surface area contributed by atoms with Crippen LogP contribution < -0.4 is 10.6 Å². The predicted octanol–water partition coefficient (Wildman–Crippen LogP) is 2.07. The summed E-state index contributed by atoms with van der Waals surface area (Å²) >= 11 is 0. The summed E-state index contributed by atoms with van der Waals surface area (Å²) in [5.74, 6) is 0.409. The molecule has 16 heavy (non-hydrogen) atoms. The lowest BCUT2D eigenvalue weighted by Gasteiger charge is -2.29. The van der Waals surface area contributed by atoms with Gasteiger partial charge in [0.25, 0.3) is 0 Å². The Kier molecular flexibility index (Phi) is 4.78. The molecule has 2 atom stereocenters. The van der Waals surface area contributed by atoms with E-state index < -0.39 is 0 Å². The van der Waals surface area contributed by atoms with Crippen molar-refractivity contribution in [2.45, 2.75) is 65.0 Å². The fourth-order valence-corrected chi connectivity index (χ4v) is 2.38. The van der Waals surface area contributed by atoms with Crippen LogP contribution in [0.4, 0.5) is 0 Å². The number of hydrogen-bond acceptors (Lipinski definition) is 2. The van der Waals surface area contributed by atoms with E-state index in [2.05, 4.69) is 38.3 Å². The van der Waals surface area contributed by atoms with E-state index in [9.17, 15) is 4.79 Å². The molecular formula is C13H26N2O. The molecule has 0 radical (unpaired) electrons. The van der Waals surface area contributed by atoms with Gasteiger partial charge in [0, 0.05) is 18.1 Å². The Labute approximate surface area is 99.4 Å². The van der Waals surface area contributed by atoms with Gasteiger partial charge in [-0.05, 0) is 40.0 Å². The lowest BCUT2D eigenvalue weighted by molar-refractivity contribution is -0.125. The summed E-state index contributed by atoms with van der Waals surface area (Å²) in [5, 5.41) is 6.58. The van der Waals surface area contributed by atoms with Gasteiger partial charge in [0.1, 0.15) is 0 Å². The molecule has 2 N–H and O–H groups in total. The fourth-order valence-electron chi connectivity index (χ4n) is 2.38. The average molecular weight is 226 g/mol. The molecule has 1 aliphatic carbocycles. The Morgan fingerprint density at radius 2 is 2.00 bits per heavy atom. The highest BCUT2D eigenvalue weighted by molar-refractivity contribution is 5.79. The molecule has 0 aromatic carbocycles. The van der Waals surface area contributed by atoms with E-state index in [4.69, 9.17) is 0 Å². The Morgan fingerprint density at radius 3 is 2.56 bits per heavy atom. The molecule has 94 valence electrons. The van der Waals surface area contributed by atoms with E-state index in [0.717, 1.165) is 32.2 Å². The van der Waals surface area contributed by atoms with Crippen LogP contribution in [0.2, 0.25) is 0 Å². The van der Waals surface area contributed by atoms with Crippen LogP contribution in [0.25, 0.3) is 0 Å². The van der Waals surface area contributed by atoms with Crippen molar-refractivity contribution in [1.29, 1.82) is 0 Å². The van der Waals surface area contributed by atoms with Crippen LogP contribution in [0.5, 0.6) is 0 Å². The molecule has 0 heterocycles. The lowest BCUT2D eigenvalue weighted by atomic mass is 9.98. The second kappa shape index (κ2) is 5.67. The zero-order chi connectivity index (χ0) is 12.2. The fraction of sp³-hybridized carbons (Fsp3) is 0.923. The minimum atomic E-state index is 0.0955. The SMILES string of the molecule is CCCNC(=O)[C@H]1CCC[C@H]1NC(C)(C)C. The average Bonchev–Trinajstić information content (AvgIpc) is 2.59. The number of rotatable bonds is 4. The van der Waals surface area contributed by atoms with Gasteiger partial charge in [-0.25, -0.2) is 0 Å². The summed E-state index contributed by atoms with van der Waals surface area (Å²) in [5.41, 5.74) is 0.0955. The summed E-state index contributed by atoms with van der Waals surface area (Å²) in [7, 11) is 0. The Balaban J connectivity index is 2.48. The van der Waals surface area contributed by atoms with E-state index in [-0.39, 0.29) is 17.4 Å². The van der Waals surface area contributed by atoms with Crippen molar-refractivity contribution in [3.63, 3.8) is 0 Å². The lowest BCUT2D eigenvalue weighted by Crippen LogP contribution is -2.49. The standard InChI is InChI=1S/C13H26N2O/c1-5-9-14-12(16)10-7-6-8-11(10)15-13(2,3)4/h10-11,15H,5-9H2,1-4H3,(H,14,16)/t10-,11+/m0/s1. The molecule has 1 fully saturated rings. The molecule has 1 rings (SSSR count). The van der Waals surface area contributed by atoms with Gasteiger partial charge in [-0.3, -0.25) is 4.79 Å². The molecule has 3 nitrogen and oxygen atoms in total. The number of amides is 1. The van der Waals surface area contributed by atoms with Crippen molar-refractivity contribution in [2.75, 3.05) is 6.54 Å². The topological polar surface area (TPSA) is 41.1 Å². The number of carbonyl (C=O) groups is 1. The van der Waals surface area contributed by atoms with Crippen molar-refractivity contribution >= 4 is 5.91 Å². The van der Waals surface area contributed by atoms with Crippen LogP contribution in [0, 0.1) is 5.92 Å². The summed E-state index contributed by atoms with van der Waals surface area (Å²) in [4.78, 5) is 11.9. The second-order valence-corrected chi connectivity index (χ2v) is 5.83. The summed E-state index contributed by atoms with van der Waals surface area (Å²) in [6.07, 6.45) is 4.33. The van der Waals surface area contributed by atoms with Crippen molar-refractivity contribution in [3.8, 4) is 0 Å². The molecule has 1 saturated carbocycles. The summed E-state index contributed by atoms with van der Waals surface area (Å²) in [6.45, 7) is 9.36. The molecule has 0 spiro atoms. The smallest absolute Gasteiger partial charge is 0.224 e. The van der Waals surface area contributed by atoms with Gasteiger partial charge < -0.3 is 10.6 Å². The zero-order valence-corrected chi connectivity index (χ0v) is 11.1. The molecule has 1 amide bonds. The van der Waals surface area contributed by atoms with Gasteiger partial charge >= 0.3 is 0 Å². The predicted molar refractivity (Wildman–Crippen MR) is 67.3 cm³/mol. The monoisotopic (exact) mass is 226 g/mol. The molecule has 0 aromatic rings. The maximum atomic E-state index is 11.9. The van der Waals surface area contributed by atoms with Gasteiger partial charge in [0.15, 0.2) is 0 Å². The first-order valence-corrected chi connectivity index (χ1v) is 6.49. The van der Waals surface area contributed by atoms with E-state index in [1.165, 1.54) is 0 Å². The first-order valence-electron chi connectivity index (χ1n) is 6.49. The number of nitrogens with one attached hydrogen (secondary N) is 2. The third kappa shape index (κ3) is 4.12. The molecule has 1 aliphatic rings. The quantitative estimate of drug-likeness (QED) is 0.770. The van der Waals surface area contributed by atoms with Crippen LogP contribution >= 0.6 is 0 Å². The zero-order valence-electron chi connectivity index (χ0n) is 11.1. The number of carbonyl (C=O) groups excluding carboxylic acids is 1. The third-order valence-corrected chi connectivity index (χ3v) is 3.02. The van der Waals surface area contributed by atoms with Gasteiger partial charge in [0.2, 0.25) is 5.91 Å². The van der Waals surface area contributed by atoms with Crippen molar-refractivity contribution in [3.05, 3.63) is 0 Å². The van der Waals surface area contributed by atoms with Crippen LogP contribution in [0.15, 0.2) is 0 Å². The van der Waals surface area contributed by atoms with E-state index in [1.54, 1.807) is 0 Å². The highest BCUT2D eigenvalue weighted by Gasteiger charge is 2.34. The maximum absolute atomic E-state index is 11.9.